The van der Waals surface area contributed by atoms with Crippen LogP contribution in [0.4, 0.5) is 0 Å². The first kappa shape index (κ1) is 10.8. The van der Waals surface area contributed by atoms with Gasteiger partial charge < -0.3 is 5.11 Å². The molecule has 1 nitrogen and oxygen atoms in total. The van der Waals surface area contributed by atoms with Crippen molar-refractivity contribution in [1.82, 2.24) is 0 Å². The number of phenols is 1. The van der Waals surface area contributed by atoms with Gasteiger partial charge >= 0.3 is 0 Å². The summed E-state index contributed by atoms with van der Waals surface area (Å²) in [6, 6.07) is 20.1. The molecular weight excluding hydrogens is 220 g/mol. The molecule has 3 aromatic rings. The molecule has 0 aliphatic heterocycles. The van der Waals surface area contributed by atoms with Crippen molar-refractivity contribution in [2.24, 2.45) is 0 Å². The summed E-state index contributed by atoms with van der Waals surface area (Å²) in [7, 11) is 0. The SMILES string of the molecule is Cc1ccc(-c2c(O)ccc3ccccc23)cc1. The van der Waals surface area contributed by atoms with E-state index in [1.54, 1.807) is 6.07 Å². The number of aromatic hydroxyl groups is 1. The average Bonchev–Trinajstić information content (AvgIpc) is 2.40. The molecule has 1 N–H and O–H groups in total. The third-order valence-electron chi connectivity index (χ3n) is 3.25. The second kappa shape index (κ2) is 4.19. The molecule has 0 fully saturated rings. The summed E-state index contributed by atoms with van der Waals surface area (Å²) in [6.07, 6.45) is 0. The molecule has 0 saturated heterocycles. The van der Waals surface area contributed by atoms with Gasteiger partial charge in [0, 0.05) is 5.56 Å². The lowest BCUT2D eigenvalue weighted by Crippen LogP contribution is -1.83. The number of fused-ring (bicyclic) bond motifs is 1. The predicted octanol–water partition coefficient (Wildman–Crippen LogP) is 4.52. The van der Waals surface area contributed by atoms with Crippen LogP contribution in [0.5, 0.6) is 5.75 Å². The van der Waals surface area contributed by atoms with Crippen molar-refractivity contribution in [3.05, 3.63) is 66.2 Å². The van der Waals surface area contributed by atoms with Crippen molar-refractivity contribution in [2.75, 3.05) is 0 Å². The van der Waals surface area contributed by atoms with E-state index < -0.39 is 0 Å². The lowest BCUT2D eigenvalue weighted by Gasteiger charge is -2.09. The number of hydrogen-bond donors (Lipinski definition) is 1. The van der Waals surface area contributed by atoms with Crippen LogP contribution in [0.15, 0.2) is 60.7 Å². The second-order valence-electron chi connectivity index (χ2n) is 4.55. The van der Waals surface area contributed by atoms with Crippen LogP contribution in [-0.2, 0) is 0 Å². The van der Waals surface area contributed by atoms with Gasteiger partial charge in [-0.25, -0.2) is 0 Å². The standard InChI is InChI=1S/C17H14O/c1-12-6-8-14(9-7-12)17-15-5-3-2-4-13(15)10-11-16(17)18/h2-11,18H,1H3. The van der Waals surface area contributed by atoms with Crippen molar-refractivity contribution < 1.29 is 5.11 Å². The molecule has 0 amide bonds. The summed E-state index contributed by atoms with van der Waals surface area (Å²) in [4.78, 5) is 0. The molecule has 0 unspecified atom stereocenters. The molecular formula is C17H14O. The Kier molecular flexibility index (Phi) is 2.52. The Bertz CT molecular complexity index is 696. The fourth-order valence-corrected chi connectivity index (χ4v) is 2.28. The van der Waals surface area contributed by atoms with Gasteiger partial charge in [-0.2, -0.15) is 0 Å². The Hall–Kier alpha value is -2.28. The maximum Gasteiger partial charge on any atom is 0.124 e. The summed E-state index contributed by atoms with van der Waals surface area (Å²) in [6.45, 7) is 2.06. The number of hydrogen-bond acceptors (Lipinski definition) is 1. The lowest BCUT2D eigenvalue weighted by atomic mass is 9.97. The van der Waals surface area contributed by atoms with Gasteiger partial charge in [-0.05, 0) is 29.3 Å². The second-order valence-corrected chi connectivity index (χ2v) is 4.55. The number of rotatable bonds is 1. The Morgan fingerprint density at radius 1 is 0.778 bits per heavy atom. The minimum absolute atomic E-state index is 0.331. The van der Waals surface area contributed by atoms with Gasteiger partial charge in [0.25, 0.3) is 0 Å². The third kappa shape index (κ3) is 1.74. The van der Waals surface area contributed by atoms with Gasteiger partial charge in [0.1, 0.15) is 5.75 Å². The van der Waals surface area contributed by atoms with Crippen LogP contribution in [0.3, 0.4) is 0 Å². The van der Waals surface area contributed by atoms with E-state index >= 15 is 0 Å². The zero-order chi connectivity index (χ0) is 12.5. The molecule has 3 aromatic carbocycles. The van der Waals surface area contributed by atoms with Gasteiger partial charge in [0.05, 0.1) is 0 Å². The van der Waals surface area contributed by atoms with Gasteiger partial charge in [0.15, 0.2) is 0 Å². The molecule has 0 aromatic heterocycles. The van der Waals surface area contributed by atoms with Crippen LogP contribution < -0.4 is 0 Å². The molecule has 0 radical (unpaired) electrons. The summed E-state index contributed by atoms with van der Waals surface area (Å²) >= 11 is 0. The predicted molar refractivity (Wildman–Crippen MR) is 75.8 cm³/mol. The van der Waals surface area contributed by atoms with Crippen molar-refractivity contribution in [3.8, 4) is 16.9 Å². The van der Waals surface area contributed by atoms with E-state index in [2.05, 4.69) is 37.3 Å². The fourth-order valence-electron chi connectivity index (χ4n) is 2.28. The topological polar surface area (TPSA) is 20.2 Å². The van der Waals surface area contributed by atoms with Crippen LogP contribution in [-0.4, -0.2) is 5.11 Å². The fraction of sp³-hybridized carbons (Fsp3) is 0.0588. The van der Waals surface area contributed by atoms with Crippen molar-refractivity contribution >= 4 is 10.8 Å². The highest BCUT2D eigenvalue weighted by Gasteiger charge is 2.08. The third-order valence-corrected chi connectivity index (χ3v) is 3.25. The molecule has 18 heavy (non-hydrogen) atoms. The summed E-state index contributed by atoms with van der Waals surface area (Å²) in [5.74, 6) is 0.331. The lowest BCUT2D eigenvalue weighted by molar-refractivity contribution is 0.478. The first-order valence-electron chi connectivity index (χ1n) is 6.03. The number of phenolic OH excluding ortho intramolecular Hbond substituents is 1. The van der Waals surface area contributed by atoms with E-state index in [0.717, 1.165) is 21.9 Å². The maximum atomic E-state index is 10.1. The van der Waals surface area contributed by atoms with Crippen LogP contribution in [0, 0.1) is 6.92 Å². The highest BCUT2D eigenvalue weighted by molar-refractivity contribution is 5.99. The van der Waals surface area contributed by atoms with E-state index in [1.165, 1.54) is 5.56 Å². The monoisotopic (exact) mass is 234 g/mol. The van der Waals surface area contributed by atoms with Gasteiger partial charge in [-0.3, -0.25) is 0 Å². The maximum absolute atomic E-state index is 10.1. The molecule has 0 aliphatic carbocycles. The number of aryl methyl sites for hydroxylation is 1. The highest BCUT2D eigenvalue weighted by Crippen LogP contribution is 2.36. The van der Waals surface area contributed by atoms with Crippen LogP contribution in [0.2, 0.25) is 0 Å². The summed E-state index contributed by atoms with van der Waals surface area (Å²) in [5.41, 5.74) is 3.18. The van der Waals surface area contributed by atoms with Crippen molar-refractivity contribution in [1.29, 1.82) is 0 Å². The average molecular weight is 234 g/mol. The molecule has 0 heterocycles. The first-order valence-corrected chi connectivity index (χ1v) is 6.03. The van der Waals surface area contributed by atoms with Gasteiger partial charge in [0.2, 0.25) is 0 Å². The van der Waals surface area contributed by atoms with Gasteiger partial charge in [-0.1, -0.05) is 60.2 Å². The smallest absolute Gasteiger partial charge is 0.124 e. The van der Waals surface area contributed by atoms with E-state index in [9.17, 15) is 5.11 Å². The zero-order valence-electron chi connectivity index (χ0n) is 10.2. The van der Waals surface area contributed by atoms with E-state index in [4.69, 9.17) is 0 Å². The molecule has 0 spiro atoms. The van der Waals surface area contributed by atoms with Crippen LogP contribution in [0.1, 0.15) is 5.56 Å². The molecule has 0 atom stereocenters. The first-order chi connectivity index (χ1) is 8.75. The normalized spacial score (nSPS) is 10.7. The van der Waals surface area contributed by atoms with Crippen LogP contribution >= 0.6 is 0 Å². The molecule has 88 valence electrons. The van der Waals surface area contributed by atoms with Crippen LogP contribution in [0.25, 0.3) is 21.9 Å². The molecule has 1 heteroatoms. The van der Waals surface area contributed by atoms with Gasteiger partial charge in [-0.15, -0.1) is 0 Å². The quantitative estimate of drug-likeness (QED) is 0.656. The molecule has 0 saturated carbocycles. The molecule has 0 aliphatic rings. The van der Waals surface area contributed by atoms with E-state index in [-0.39, 0.29) is 0 Å². The van der Waals surface area contributed by atoms with Crippen molar-refractivity contribution in [2.45, 2.75) is 6.92 Å². The van der Waals surface area contributed by atoms with Crippen molar-refractivity contribution in [3.63, 3.8) is 0 Å². The summed E-state index contributed by atoms with van der Waals surface area (Å²) < 4.78 is 0. The molecule has 3 rings (SSSR count). The highest BCUT2D eigenvalue weighted by atomic mass is 16.3. The Morgan fingerprint density at radius 2 is 1.50 bits per heavy atom. The molecule has 0 bridgehead atoms. The zero-order valence-corrected chi connectivity index (χ0v) is 10.2. The number of benzene rings is 3. The Morgan fingerprint density at radius 3 is 2.28 bits per heavy atom. The van der Waals surface area contributed by atoms with E-state index in [0.29, 0.717) is 5.75 Å². The van der Waals surface area contributed by atoms with E-state index in [1.807, 2.05) is 24.3 Å². The Labute approximate surface area is 106 Å². The minimum Gasteiger partial charge on any atom is -0.507 e. The summed E-state index contributed by atoms with van der Waals surface area (Å²) in [5, 5.41) is 12.4. The largest absolute Gasteiger partial charge is 0.507 e. The Balaban J connectivity index is 2.33. The minimum atomic E-state index is 0.331.